The predicted octanol–water partition coefficient (Wildman–Crippen LogP) is 3.23. The number of nitro groups is 1. The highest BCUT2D eigenvalue weighted by Crippen LogP contribution is 2.38. The molecule has 6 nitrogen and oxygen atoms in total. The van der Waals surface area contributed by atoms with Crippen molar-refractivity contribution in [3.8, 4) is 11.5 Å². The fourth-order valence-electron chi connectivity index (χ4n) is 2.34. The molecule has 0 saturated heterocycles. The Bertz CT molecular complexity index is 752. The van der Waals surface area contributed by atoms with Crippen molar-refractivity contribution in [3.05, 3.63) is 58.1 Å². The molecule has 0 amide bonds. The number of hydrogen-bond donors (Lipinski definition) is 0. The van der Waals surface area contributed by atoms with E-state index >= 15 is 0 Å². The number of esters is 1. The molecule has 0 aromatic heterocycles. The zero-order chi connectivity index (χ0) is 16.4. The molecule has 0 spiro atoms. The summed E-state index contributed by atoms with van der Waals surface area (Å²) < 4.78 is 10.2. The molecule has 1 aliphatic heterocycles. The van der Waals surface area contributed by atoms with E-state index in [-0.39, 0.29) is 11.4 Å². The lowest BCUT2D eigenvalue weighted by Gasteiger charge is -2.10. The number of nitrogens with zero attached hydrogens (tertiary/aromatic N) is 1. The number of ether oxygens (including phenoxy) is 2. The molecule has 3 rings (SSSR count). The van der Waals surface area contributed by atoms with Gasteiger partial charge in [0.25, 0.3) is 0 Å². The minimum atomic E-state index is -0.596. The van der Waals surface area contributed by atoms with Crippen molar-refractivity contribution in [3.63, 3.8) is 0 Å². The van der Waals surface area contributed by atoms with E-state index in [9.17, 15) is 14.9 Å². The van der Waals surface area contributed by atoms with Crippen molar-refractivity contribution in [2.45, 2.75) is 16.6 Å². The zero-order valence-corrected chi connectivity index (χ0v) is 13.0. The van der Waals surface area contributed by atoms with Crippen LogP contribution in [0.1, 0.15) is 5.56 Å². The molecule has 1 atom stereocenters. The number of hydrogen-bond acceptors (Lipinski definition) is 6. The van der Waals surface area contributed by atoms with E-state index in [1.165, 1.54) is 37.1 Å². The van der Waals surface area contributed by atoms with Crippen LogP contribution in [0.25, 0.3) is 0 Å². The molecular weight excluding hydrogens is 318 g/mol. The molecule has 23 heavy (non-hydrogen) atoms. The van der Waals surface area contributed by atoms with Crippen LogP contribution in [0, 0.1) is 10.1 Å². The molecule has 2 aromatic rings. The molecular formula is C16H13NO5S. The van der Waals surface area contributed by atoms with Gasteiger partial charge in [-0.05, 0) is 30.2 Å². The summed E-state index contributed by atoms with van der Waals surface area (Å²) in [5.74, 6) is -0.226. The number of nitro benzene ring substituents is 1. The van der Waals surface area contributed by atoms with Crippen molar-refractivity contribution in [2.75, 3.05) is 7.11 Å². The monoisotopic (exact) mass is 331 g/mol. The lowest BCUT2D eigenvalue weighted by Crippen LogP contribution is -2.22. The highest BCUT2D eigenvalue weighted by atomic mass is 32.2. The smallest absolute Gasteiger partial charge is 0.325 e. The summed E-state index contributed by atoms with van der Waals surface area (Å²) in [7, 11) is 1.41. The van der Waals surface area contributed by atoms with Crippen LogP contribution in [0.2, 0.25) is 0 Å². The second-order valence-electron chi connectivity index (χ2n) is 4.93. The lowest BCUT2D eigenvalue weighted by atomic mass is 10.1. The van der Waals surface area contributed by atoms with Gasteiger partial charge in [-0.25, -0.2) is 0 Å². The van der Waals surface area contributed by atoms with Gasteiger partial charge in [-0.15, -0.1) is 11.8 Å². The average molecular weight is 331 g/mol. The number of benzene rings is 2. The molecule has 1 heterocycles. The summed E-state index contributed by atoms with van der Waals surface area (Å²) in [6.07, 6.45) is 0.559. The molecule has 1 unspecified atom stereocenters. The van der Waals surface area contributed by atoms with Gasteiger partial charge in [0, 0.05) is 4.90 Å². The van der Waals surface area contributed by atoms with Crippen LogP contribution in [0.4, 0.5) is 5.69 Å². The van der Waals surface area contributed by atoms with Crippen molar-refractivity contribution >= 4 is 23.4 Å². The van der Waals surface area contributed by atoms with Gasteiger partial charge < -0.3 is 9.47 Å². The molecule has 0 aliphatic carbocycles. The van der Waals surface area contributed by atoms with Gasteiger partial charge in [0.15, 0.2) is 0 Å². The number of carbonyl (C=O) groups is 1. The summed E-state index contributed by atoms with van der Waals surface area (Å²) >= 11 is 1.42. The first-order chi connectivity index (χ1) is 11.1. The van der Waals surface area contributed by atoms with Gasteiger partial charge in [0.1, 0.15) is 11.0 Å². The van der Waals surface area contributed by atoms with E-state index in [2.05, 4.69) is 0 Å². The maximum Gasteiger partial charge on any atom is 0.325 e. The molecule has 0 bridgehead atoms. The van der Waals surface area contributed by atoms with E-state index in [0.29, 0.717) is 12.2 Å². The van der Waals surface area contributed by atoms with E-state index < -0.39 is 16.1 Å². The Balaban J connectivity index is 1.78. The summed E-state index contributed by atoms with van der Waals surface area (Å²) in [6, 6.07) is 11.9. The van der Waals surface area contributed by atoms with E-state index in [4.69, 9.17) is 9.47 Å². The Labute approximate surface area is 136 Å². The first-order valence-corrected chi connectivity index (χ1v) is 7.75. The normalized spacial score (nSPS) is 15.8. The molecule has 0 radical (unpaired) electrons. The minimum Gasteiger partial charge on any atom is -0.496 e. The Kier molecular flexibility index (Phi) is 4.20. The minimum absolute atomic E-state index is 0.0719. The van der Waals surface area contributed by atoms with Crippen LogP contribution in [0.15, 0.2) is 47.4 Å². The summed E-state index contributed by atoms with van der Waals surface area (Å²) in [5.41, 5.74) is 0.793. The van der Waals surface area contributed by atoms with Crippen LogP contribution in [0.5, 0.6) is 11.5 Å². The fourth-order valence-corrected chi connectivity index (χ4v) is 3.51. The highest BCUT2D eigenvalue weighted by Gasteiger charge is 2.31. The molecule has 118 valence electrons. The first-order valence-electron chi connectivity index (χ1n) is 6.87. The van der Waals surface area contributed by atoms with Crippen LogP contribution in [0.3, 0.4) is 0 Å². The van der Waals surface area contributed by atoms with Gasteiger partial charge in [0.05, 0.1) is 18.1 Å². The number of rotatable bonds is 4. The molecule has 0 saturated carbocycles. The van der Waals surface area contributed by atoms with E-state index in [1.54, 1.807) is 0 Å². The highest BCUT2D eigenvalue weighted by molar-refractivity contribution is 8.01. The number of methoxy groups -OCH3 is 1. The Morgan fingerprint density at radius 1 is 1.30 bits per heavy atom. The van der Waals surface area contributed by atoms with Gasteiger partial charge in [-0.1, -0.05) is 18.2 Å². The Morgan fingerprint density at radius 2 is 2.09 bits per heavy atom. The topological polar surface area (TPSA) is 78.7 Å². The zero-order valence-electron chi connectivity index (χ0n) is 12.2. The van der Waals surface area contributed by atoms with Crippen molar-refractivity contribution in [2.24, 2.45) is 0 Å². The van der Waals surface area contributed by atoms with Crippen LogP contribution >= 0.6 is 11.8 Å². The third-order valence-electron chi connectivity index (χ3n) is 3.48. The fraction of sp³-hybridized carbons (Fsp3) is 0.188. The number of carbonyl (C=O) groups excluding carboxylic acids is 1. The summed E-state index contributed by atoms with van der Waals surface area (Å²) in [6.45, 7) is 0. The SMILES string of the molecule is COc1ccc(OC(=O)C2Cc3ccccc3S2)c([N+](=O)[O-])c1. The van der Waals surface area contributed by atoms with Crippen LogP contribution in [-0.4, -0.2) is 23.3 Å². The Hall–Kier alpha value is -2.54. The molecule has 0 fully saturated rings. The predicted molar refractivity (Wildman–Crippen MR) is 85.1 cm³/mol. The lowest BCUT2D eigenvalue weighted by molar-refractivity contribution is -0.385. The maximum atomic E-state index is 12.3. The van der Waals surface area contributed by atoms with Gasteiger partial charge >= 0.3 is 11.7 Å². The summed E-state index contributed by atoms with van der Waals surface area (Å²) in [5, 5.41) is 10.7. The molecule has 2 aromatic carbocycles. The third-order valence-corrected chi connectivity index (χ3v) is 4.78. The van der Waals surface area contributed by atoms with E-state index in [1.807, 2.05) is 24.3 Å². The Morgan fingerprint density at radius 3 is 2.78 bits per heavy atom. The molecule has 7 heteroatoms. The quantitative estimate of drug-likeness (QED) is 0.370. The first kappa shape index (κ1) is 15.4. The largest absolute Gasteiger partial charge is 0.496 e. The second-order valence-corrected chi connectivity index (χ2v) is 6.17. The summed E-state index contributed by atoms with van der Waals surface area (Å²) in [4.78, 5) is 23.9. The van der Waals surface area contributed by atoms with Crippen molar-refractivity contribution < 1.29 is 19.2 Å². The van der Waals surface area contributed by atoms with Crippen molar-refractivity contribution in [1.82, 2.24) is 0 Å². The second kappa shape index (κ2) is 6.29. The number of fused-ring (bicyclic) bond motifs is 1. The van der Waals surface area contributed by atoms with Crippen LogP contribution in [-0.2, 0) is 11.2 Å². The molecule has 1 aliphatic rings. The average Bonchev–Trinajstić information content (AvgIpc) is 2.99. The van der Waals surface area contributed by atoms with Crippen molar-refractivity contribution in [1.29, 1.82) is 0 Å². The van der Waals surface area contributed by atoms with Gasteiger partial charge in [0.2, 0.25) is 5.75 Å². The third kappa shape index (κ3) is 3.14. The van der Waals surface area contributed by atoms with Gasteiger partial charge in [-0.3, -0.25) is 14.9 Å². The number of thioether (sulfide) groups is 1. The molecule has 0 N–H and O–H groups in total. The standard InChI is InChI=1S/C16H13NO5S/c1-21-11-6-7-13(12(9-11)17(19)20)22-16(18)15-8-10-4-2-3-5-14(10)23-15/h2-7,9,15H,8H2,1H3. The maximum absolute atomic E-state index is 12.3. The van der Waals surface area contributed by atoms with E-state index in [0.717, 1.165) is 10.5 Å². The van der Waals surface area contributed by atoms with Gasteiger partial charge in [-0.2, -0.15) is 0 Å². The van der Waals surface area contributed by atoms with Crippen LogP contribution < -0.4 is 9.47 Å².